The molecule has 0 saturated heterocycles. The van der Waals surface area contributed by atoms with Crippen LogP contribution in [0, 0.1) is 6.92 Å². The van der Waals surface area contributed by atoms with E-state index in [2.05, 4.69) is 4.98 Å². The van der Waals surface area contributed by atoms with Crippen LogP contribution >= 0.6 is 11.8 Å². The van der Waals surface area contributed by atoms with Crippen LogP contribution in [0.3, 0.4) is 0 Å². The summed E-state index contributed by atoms with van der Waals surface area (Å²) in [7, 11) is 0. The Hall–Kier alpha value is -1.26. The SMILES string of the molecule is Cc1occc1Sc1ccc([C@@H](C)N)nc1. The lowest BCUT2D eigenvalue weighted by Gasteiger charge is -2.05. The topological polar surface area (TPSA) is 52.0 Å². The van der Waals surface area contributed by atoms with Crippen LogP contribution in [-0.4, -0.2) is 4.98 Å². The summed E-state index contributed by atoms with van der Waals surface area (Å²) in [4.78, 5) is 6.52. The van der Waals surface area contributed by atoms with Crippen molar-refractivity contribution in [2.45, 2.75) is 29.7 Å². The van der Waals surface area contributed by atoms with E-state index in [1.807, 2.05) is 38.2 Å². The second kappa shape index (κ2) is 4.72. The molecule has 2 rings (SSSR count). The van der Waals surface area contributed by atoms with Gasteiger partial charge in [-0.2, -0.15) is 0 Å². The third kappa shape index (κ3) is 2.46. The Morgan fingerprint density at radius 1 is 1.38 bits per heavy atom. The lowest BCUT2D eigenvalue weighted by Crippen LogP contribution is -2.06. The highest BCUT2D eigenvalue weighted by atomic mass is 32.2. The van der Waals surface area contributed by atoms with Crippen molar-refractivity contribution in [3.8, 4) is 0 Å². The molecule has 4 heteroatoms. The summed E-state index contributed by atoms with van der Waals surface area (Å²) in [5.74, 6) is 0.932. The van der Waals surface area contributed by atoms with Crippen LogP contribution in [0.15, 0.2) is 44.9 Å². The summed E-state index contributed by atoms with van der Waals surface area (Å²) in [6.45, 7) is 3.88. The molecule has 0 aliphatic rings. The highest BCUT2D eigenvalue weighted by molar-refractivity contribution is 7.99. The zero-order valence-electron chi connectivity index (χ0n) is 9.31. The molecular weight excluding hydrogens is 220 g/mol. The second-order valence-electron chi connectivity index (χ2n) is 3.65. The number of hydrogen-bond acceptors (Lipinski definition) is 4. The van der Waals surface area contributed by atoms with Crippen LogP contribution in [-0.2, 0) is 0 Å². The Labute approximate surface area is 99.1 Å². The first kappa shape index (κ1) is 11.2. The van der Waals surface area contributed by atoms with Gasteiger partial charge in [-0.05, 0) is 32.0 Å². The molecule has 16 heavy (non-hydrogen) atoms. The van der Waals surface area contributed by atoms with Crippen molar-refractivity contribution in [2.24, 2.45) is 5.73 Å². The fourth-order valence-corrected chi connectivity index (χ4v) is 2.14. The standard InChI is InChI=1S/C12H14N2OS/c1-8(13)11-4-3-10(7-14-11)16-12-5-6-15-9(12)2/h3-8H,13H2,1-2H3/t8-/m1/s1. The molecule has 0 saturated carbocycles. The van der Waals surface area contributed by atoms with Crippen molar-refractivity contribution in [1.82, 2.24) is 4.98 Å². The first-order valence-corrected chi connectivity index (χ1v) is 5.92. The van der Waals surface area contributed by atoms with Crippen molar-refractivity contribution >= 4 is 11.8 Å². The number of nitrogens with two attached hydrogens (primary N) is 1. The maximum atomic E-state index is 5.74. The zero-order chi connectivity index (χ0) is 11.5. The molecule has 2 aromatic heterocycles. The van der Waals surface area contributed by atoms with Gasteiger partial charge in [0.05, 0.1) is 16.9 Å². The molecule has 2 aromatic rings. The van der Waals surface area contributed by atoms with Gasteiger partial charge in [0.15, 0.2) is 0 Å². The van der Waals surface area contributed by atoms with E-state index in [0.29, 0.717) is 0 Å². The summed E-state index contributed by atoms with van der Waals surface area (Å²) >= 11 is 1.64. The molecule has 0 aromatic carbocycles. The summed E-state index contributed by atoms with van der Waals surface area (Å²) in [6, 6.07) is 5.93. The van der Waals surface area contributed by atoms with Crippen molar-refractivity contribution in [1.29, 1.82) is 0 Å². The van der Waals surface area contributed by atoms with E-state index in [9.17, 15) is 0 Å². The van der Waals surface area contributed by atoms with Gasteiger partial charge in [0, 0.05) is 17.1 Å². The fraction of sp³-hybridized carbons (Fsp3) is 0.250. The third-order valence-corrected chi connectivity index (χ3v) is 3.39. The largest absolute Gasteiger partial charge is 0.468 e. The first-order chi connectivity index (χ1) is 7.66. The average molecular weight is 234 g/mol. The number of aromatic nitrogens is 1. The molecule has 0 spiro atoms. The summed E-state index contributed by atoms with van der Waals surface area (Å²) in [5, 5.41) is 0. The normalized spacial score (nSPS) is 12.7. The lowest BCUT2D eigenvalue weighted by atomic mass is 10.2. The monoisotopic (exact) mass is 234 g/mol. The van der Waals surface area contributed by atoms with Gasteiger partial charge < -0.3 is 10.2 Å². The van der Waals surface area contributed by atoms with Crippen molar-refractivity contribution in [2.75, 3.05) is 0 Å². The number of rotatable bonds is 3. The van der Waals surface area contributed by atoms with Crippen LogP contribution in [0.4, 0.5) is 0 Å². The van der Waals surface area contributed by atoms with Crippen molar-refractivity contribution in [3.05, 3.63) is 42.1 Å². The van der Waals surface area contributed by atoms with Crippen molar-refractivity contribution in [3.63, 3.8) is 0 Å². The Kier molecular flexibility index (Phi) is 3.31. The van der Waals surface area contributed by atoms with Crippen LogP contribution < -0.4 is 5.73 Å². The average Bonchev–Trinajstić information content (AvgIpc) is 2.65. The van der Waals surface area contributed by atoms with E-state index in [-0.39, 0.29) is 6.04 Å². The number of hydrogen-bond donors (Lipinski definition) is 1. The molecule has 84 valence electrons. The van der Waals surface area contributed by atoms with Gasteiger partial charge in [0.25, 0.3) is 0 Å². The molecule has 3 nitrogen and oxygen atoms in total. The van der Waals surface area contributed by atoms with Gasteiger partial charge in [0.2, 0.25) is 0 Å². The van der Waals surface area contributed by atoms with E-state index < -0.39 is 0 Å². The minimum absolute atomic E-state index is 0.0188. The minimum atomic E-state index is -0.0188. The molecular formula is C12H14N2OS. The van der Waals surface area contributed by atoms with Gasteiger partial charge in [-0.3, -0.25) is 4.98 Å². The smallest absolute Gasteiger partial charge is 0.114 e. The highest BCUT2D eigenvalue weighted by Gasteiger charge is 2.05. The second-order valence-corrected chi connectivity index (χ2v) is 4.77. The number of aryl methyl sites for hydroxylation is 1. The first-order valence-electron chi connectivity index (χ1n) is 5.10. The Balaban J connectivity index is 2.14. The summed E-state index contributed by atoms with van der Waals surface area (Å²) < 4.78 is 5.24. The number of nitrogens with zero attached hydrogens (tertiary/aromatic N) is 1. The van der Waals surface area contributed by atoms with Crippen molar-refractivity contribution < 1.29 is 4.42 Å². The van der Waals surface area contributed by atoms with Gasteiger partial charge in [0.1, 0.15) is 5.76 Å². The molecule has 1 atom stereocenters. The number of pyridine rings is 1. The van der Waals surface area contributed by atoms with E-state index in [0.717, 1.165) is 21.2 Å². The molecule has 0 fully saturated rings. The van der Waals surface area contributed by atoms with Gasteiger partial charge in [-0.1, -0.05) is 11.8 Å². The fourth-order valence-electron chi connectivity index (χ4n) is 1.33. The lowest BCUT2D eigenvalue weighted by molar-refractivity contribution is 0.527. The Bertz CT molecular complexity index is 462. The van der Waals surface area contributed by atoms with Gasteiger partial charge in [-0.25, -0.2) is 0 Å². The summed E-state index contributed by atoms with van der Waals surface area (Å²) in [5.41, 5.74) is 6.65. The molecule has 0 aliphatic carbocycles. The molecule has 0 radical (unpaired) electrons. The quantitative estimate of drug-likeness (QED) is 0.886. The molecule has 0 bridgehead atoms. The molecule has 0 aliphatic heterocycles. The Morgan fingerprint density at radius 3 is 2.69 bits per heavy atom. The van der Waals surface area contributed by atoms with Crippen LogP contribution in [0.2, 0.25) is 0 Å². The van der Waals surface area contributed by atoms with Crippen LogP contribution in [0.1, 0.15) is 24.4 Å². The maximum absolute atomic E-state index is 5.74. The third-order valence-electron chi connectivity index (χ3n) is 2.26. The van der Waals surface area contributed by atoms with E-state index in [1.54, 1.807) is 18.0 Å². The summed E-state index contributed by atoms with van der Waals surface area (Å²) in [6.07, 6.45) is 3.54. The predicted molar refractivity (Wildman–Crippen MR) is 64.4 cm³/mol. The minimum Gasteiger partial charge on any atom is -0.468 e. The van der Waals surface area contributed by atoms with Crippen LogP contribution in [0.25, 0.3) is 0 Å². The van der Waals surface area contributed by atoms with Gasteiger partial charge >= 0.3 is 0 Å². The molecule has 2 heterocycles. The zero-order valence-corrected chi connectivity index (χ0v) is 10.1. The Morgan fingerprint density at radius 2 is 2.19 bits per heavy atom. The predicted octanol–water partition coefficient (Wildman–Crippen LogP) is 3.15. The van der Waals surface area contributed by atoms with E-state index in [1.165, 1.54) is 0 Å². The number of furan rings is 1. The van der Waals surface area contributed by atoms with E-state index >= 15 is 0 Å². The van der Waals surface area contributed by atoms with E-state index in [4.69, 9.17) is 10.2 Å². The highest BCUT2D eigenvalue weighted by Crippen LogP contribution is 2.30. The van der Waals surface area contributed by atoms with Crippen LogP contribution in [0.5, 0.6) is 0 Å². The molecule has 2 N–H and O–H groups in total. The molecule has 0 unspecified atom stereocenters. The van der Waals surface area contributed by atoms with Gasteiger partial charge in [-0.15, -0.1) is 0 Å². The maximum Gasteiger partial charge on any atom is 0.114 e. The molecule has 0 amide bonds.